The van der Waals surface area contributed by atoms with E-state index in [2.05, 4.69) is 23.5 Å². The number of nitrogens with two attached hydrogens (primary N) is 1. The van der Waals surface area contributed by atoms with Gasteiger partial charge in [0.2, 0.25) is 10.0 Å². The highest BCUT2D eigenvalue weighted by Crippen LogP contribution is 2.26. The maximum absolute atomic E-state index is 11.8. The summed E-state index contributed by atoms with van der Waals surface area (Å²) < 4.78 is 31.0. The van der Waals surface area contributed by atoms with Gasteiger partial charge in [-0.3, -0.25) is 0 Å². The number of rotatable bonds is 8. The van der Waals surface area contributed by atoms with Crippen LogP contribution in [0.5, 0.6) is 0 Å². The van der Waals surface area contributed by atoms with E-state index in [9.17, 15) is 8.42 Å². The molecule has 0 saturated carbocycles. The summed E-state index contributed by atoms with van der Waals surface area (Å²) in [6.45, 7) is 6.36. The van der Waals surface area contributed by atoms with Gasteiger partial charge in [-0.15, -0.1) is 0 Å². The van der Waals surface area contributed by atoms with Crippen molar-refractivity contribution in [2.75, 3.05) is 44.5 Å². The molecule has 6 nitrogen and oxygen atoms in total. The van der Waals surface area contributed by atoms with E-state index in [1.165, 1.54) is 13.1 Å². The van der Waals surface area contributed by atoms with Crippen molar-refractivity contribution in [3.05, 3.63) is 18.2 Å². The van der Waals surface area contributed by atoms with E-state index in [1.54, 1.807) is 19.2 Å². The molecule has 3 N–H and O–H groups in total. The first kappa shape index (κ1) is 17.7. The quantitative estimate of drug-likeness (QED) is 0.706. The summed E-state index contributed by atoms with van der Waals surface area (Å²) in [5.41, 5.74) is 7.32. The van der Waals surface area contributed by atoms with Crippen molar-refractivity contribution in [3.8, 4) is 0 Å². The molecule has 0 aliphatic heterocycles. The highest BCUT2D eigenvalue weighted by Gasteiger charge is 2.16. The third kappa shape index (κ3) is 4.87. The number of anilines is 2. The fourth-order valence-electron chi connectivity index (χ4n) is 2.06. The lowest BCUT2D eigenvalue weighted by molar-refractivity contribution is 0.204. The van der Waals surface area contributed by atoms with Crippen molar-refractivity contribution < 1.29 is 13.2 Å². The molecule has 0 aliphatic carbocycles. The zero-order valence-corrected chi connectivity index (χ0v) is 13.9. The lowest BCUT2D eigenvalue weighted by Crippen LogP contribution is -2.31. The van der Waals surface area contributed by atoms with E-state index in [-0.39, 0.29) is 4.90 Å². The van der Waals surface area contributed by atoms with E-state index in [1.807, 2.05) is 0 Å². The second-order valence-corrected chi connectivity index (χ2v) is 7.15. The maximum atomic E-state index is 11.8. The minimum Gasteiger partial charge on any atom is -0.397 e. The zero-order chi connectivity index (χ0) is 16.0. The van der Waals surface area contributed by atoms with Gasteiger partial charge < -0.3 is 15.4 Å². The minimum absolute atomic E-state index is 0.169. The number of nitrogen functional groups attached to an aromatic ring is 1. The number of hydrogen-bond acceptors (Lipinski definition) is 5. The molecule has 1 aromatic carbocycles. The number of ether oxygens (including phenoxy) is 1. The molecule has 0 aromatic heterocycles. The predicted molar refractivity (Wildman–Crippen MR) is 86.0 cm³/mol. The van der Waals surface area contributed by atoms with Crippen molar-refractivity contribution in [2.24, 2.45) is 5.92 Å². The first-order valence-corrected chi connectivity index (χ1v) is 8.37. The Hall–Kier alpha value is -1.31. The van der Waals surface area contributed by atoms with Crippen molar-refractivity contribution >= 4 is 21.4 Å². The molecular formula is C14H25N3O3S. The van der Waals surface area contributed by atoms with Gasteiger partial charge in [0.05, 0.1) is 22.9 Å². The lowest BCUT2D eigenvalue weighted by Gasteiger charge is -2.28. The Kier molecular flexibility index (Phi) is 6.44. The van der Waals surface area contributed by atoms with Crippen LogP contribution in [-0.2, 0) is 14.8 Å². The van der Waals surface area contributed by atoms with Crippen LogP contribution in [0.15, 0.2) is 23.1 Å². The van der Waals surface area contributed by atoms with Crippen molar-refractivity contribution in [2.45, 2.75) is 18.7 Å². The Bertz CT molecular complexity index is 559. The van der Waals surface area contributed by atoms with Gasteiger partial charge in [-0.1, -0.05) is 13.8 Å². The second kappa shape index (κ2) is 7.63. The van der Waals surface area contributed by atoms with Crippen LogP contribution >= 0.6 is 0 Å². The summed E-state index contributed by atoms with van der Waals surface area (Å²) in [6.07, 6.45) is 0. The van der Waals surface area contributed by atoms with E-state index in [4.69, 9.17) is 10.5 Å². The normalized spacial score (nSPS) is 11.9. The van der Waals surface area contributed by atoms with E-state index < -0.39 is 10.0 Å². The van der Waals surface area contributed by atoms with Crippen LogP contribution in [0.25, 0.3) is 0 Å². The molecule has 1 aromatic rings. The largest absolute Gasteiger partial charge is 0.397 e. The molecule has 0 amide bonds. The van der Waals surface area contributed by atoms with Gasteiger partial charge in [-0.2, -0.15) is 0 Å². The molecule has 120 valence electrons. The molecule has 1 rings (SSSR count). The number of benzene rings is 1. The molecule has 0 bridgehead atoms. The number of methoxy groups -OCH3 is 1. The van der Waals surface area contributed by atoms with Crippen molar-refractivity contribution in [3.63, 3.8) is 0 Å². The molecule has 0 spiro atoms. The van der Waals surface area contributed by atoms with E-state index in [0.29, 0.717) is 24.8 Å². The molecule has 0 unspecified atom stereocenters. The Labute approximate surface area is 127 Å². The molecule has 0 atom stereocenters. The van der Waals surface area contributed by atoms with Gasteiger partial charge in [-0.25, -0.2) is 13.1 Å². The Morgan fingerprint density at radius 3 is 2.52 bits per heavy atom. The SMILES string of the molecule is CNS(=O)(=O)c1ccc(N(CCOC)CC(C)C)c(N)c1. The van der Waals surface area contributed by atoms with Crippen LogP contribution in [0.1, 0.15) is 13.8 Å². The minimum atomic E-state index is -3.48. The summed E-state index contributed by atoms with van der Waals surface area (Å²) >= 11 is 0. The van der Waals surface area contributed by atoms with Crippen molar-refractivity contribution in [1.29, 1.82) is 0 Å². The Morgan fingerprint density at radius 1 is 1.38 bits per heavy atom. The highest BCUT2D eigenvalue weighted by atomic mass is 32.2. The van der Waals surface area contributed by atoms with Gasteiger partial charge >= 0.3 is 0 Å². The zero-order valence-electron chi connectivity index (χ0n) is 13.1. The first-order chi connectivity index (χ1) is 9.81. The predicted octanol–water partition coefficient (Wildman–Crippen LogP) is 1.29. The van der Waals surface area contributed by atoms with E-state index in [0.717, 1.165) is 12.2 Å². The molecule has 7 heteroatoms. The lowest BCUT2D eigenvalue weighted by atomic mass is 10.1. The molecule has 0 aliphatic rings. The number of nitrogens with one attached hydrogen (secondary N) is 1. The van der Waals surface area contributed by atoms with Crippen LogP contribution in [0, 0.1) is 5.92 Å². The Morgan fingerprint density at radius 2 is 2.05 bits per heavy atom. The molecule has 0 heterocycles. The van der Waals surface area contributed by atoms with Crippen LogP contribution in [0.4, 0.5) is 11.4 Å². The van der Waals surface area contributed by atoms with Gasteiger partial charge in [0.1, 0.15) is 0 Å². The highest BCUT2D eigenvalue weighted by molar-refractivity contribution is 7.89. The van der Waals surface area contributed by atoms with Gasteiger partial charge in [0.25, 0.3) is 0 Å². The molecular weight excluding hydrogens is 290 g/mol. The summed E-state index contributed by atoms with van der Waals surface area (Å²) in [7, 11) is -0.446. The summed E-state index contributed by atoms with van der Waals surface area (Å²) in [4.78, 5) is 2.28. The van der Waals surface area contributed by atoms with Crippen LogP contribution < -0.4 is 15.4 Å². The number of sulfonamides is 1. The molecule has 21 heavy (non-hydrogen) atoms. The molecule has 0 fully saturated rings. The Balaban J connectivity index is 3.10. The average Bonchev–Trinajstić information content (AvgIpc) is 2.43. The molecule has 0 saturated heterocycles. The first-order valence-electron chi connectivity index (χ1n) is 6.88. The third-order valence-electron chi connectivity index (χ3n) is 3.07. The standard InChI is InChI=1S/C14H25N3O3S/c1-11(2)10-17(7-8-20-4)14-6-5-12(9-13(14)15)21(18,19)16-3/h5-6,9,11,16H,7-8,10,15H2,1-4H3. The smallest absolute Gasteiger partial charge is 0.240 e. The van der Waals surface area contributed by atoms with Crippen LogP contribution in [0.3, 0.4) is 0 Å². The van der Waals surface area contributed by atoms with Crippen molar-refractivity contribution in [1.82, 2.24) is 4.72 Å². The summed E-state index contributed by atoms with van der Waals surface area (Å²) in [5.74, 6) is 0.460. The second-order valence-electron chi connectivity index (χ2n) is 5.26. The third-order valence-corrected chi connectivity index (χ3v) is 4.48. The summed E-state index contributed by atoms with van der Waals surface area (Å²) in [5, 5.41) is 0. The fraction of sp³-hybridized carbons (Fsp3) is 0.571. The van der Waals surface area contributed by atoms with Gasteiger partial charge in [0.15, 0.2) is 0 Å². The summed E-state index contributed by atoms with van der Waals surface area (Å²) in [6, 6.07) is 4.80. The number of hydrogen-bond donors (Lipinski definition) is 2. The van der Waals surface area contributed by atoms with Gasteiger partial charge in [-0.05, 0) is 31.2 Å². The molecule has 0 radical (unpaired) electrons. The van der Waals surface area contributed by atoms with Crippen LogP contribution in [0.2, 0.25) is 0 Å². The van der Waals surface area contributed by atoms with E-state index >= 15 is 0 Å². The number of nitrogens with zero attached hydrogens (tertiary/aromatic N) is 1. The topological polar surface area (TPSA) is 84.7 Å². The van der Waals surface area contributed by atoms with Crippen LogP contribution in [-0.4, -0.2) is 42.3 Å². The monoisotopic (exact) mass is 315 g/mol. The average molecular weight is 315 g/mol. The van der Waals surface area contributed by atoms with Gasteiger partial charge in [0, 0.05) is 20.2 Å². The fourth-order valence-corrected chi connectivity index (χ4v) is 2.82. The maximum Gasteiger partial charge on any atom is 0.240 e.